The number of nitro benzene ring substituents is 1. The Morgan fingerprint density at radius 3 is 2.65 bits per heavy atom. The smallest absolute Gasteiger partial charge is 0.269 e. The highest BCUT2D eigenvalue weighted by Gasteiger charge is 2.22. The van der Waals surface area contributed by atoms with Gasteiger partial charge in [0.1, 0.15) is 0 Å². The number of amides is 1. The standard InChI is InChI=1S/C18H18N2O3/c1-13-4-9-17-15(11-13)3-2-10-19(17)18(21)12-14-5-7-16(8-6-14)20(22)23/h4-9,11H,2-3,10,12H2,1H3. The first-order chi connectivity index (χ1) is 11.0. The van der Waals surface area contributed by atoms with E-state index in [9.17, 15) is 14.9 Å². The van der Waals surface area contributed by atoms with Gasteiger partial charge >= 0.3 is 0 Å². The van der Waals surface area contributed by atoms with Gasteiger partial charge in [0.15, 0.2) is 0 Å². The fraction of sp³-hybridized carbons (Fsp3) is 0.278. The Morgan fingerprint density at radius 1 is 1.22 bits per heavy atom. The highest BCUT2D eigenvalue weighted by Crippen LogP contribution is 2.28. The molecular weight excluding hydrogens is 292 g/mol. The number of nitro groups is 1. The second-order valence-corrected chi connectivity index (χ2v) is 5.88. The van der Waals surface area contributed by atoms with Crippen molar-refractivity contribution in [3.8, 4) is 0 Å². The molecule has 1 amide bonds. The van der Waals surface area contributed by atoms with E-state index >= 15 is 0 Å². The average Bonchev–Trinajstić information content (AvgIpc) is 2.54. The number of nitrogens with zero attached hydrogens (tertiary/aromatic N) is 2. The monoisotopic (exact) mass is 310 g/mol. The van der Waals surface area contributed by atoms with Crippen LogP contribution in [0.2, 0.25) is 0 Å². The number of hydrogen-bond acceptors (Lipinski definition) is 3. The molecule has 0 fully saturated rings. The Labute approximate surface area is 134 Å². The van der Waals surface area contributed by atoms with Crippen LogP contribution in [-0.4, -0.2) is 17.4 Å². The van der Waals surface area contributed by atoms with Gasteiger partial charge < -0.3 is 4.90 Å². The van der Waals surface area contributed by atoms with Crippen molar-refractivity contribution in [1.82, 2.24) is 0 Å². The fourth-order valence-electron chi connectivity index (χ4n) is 2.99. The molecule has 0 atom stereocenters. The SMILES string of the molecule is Cc1ccc2c(c1)CCCN2C(=O)Cc1ccc([N+](=O)[O-])cc1. The van der Waals surface area contributed by atoms with E-state index in [1.54, 1.807) is 12.1 Å². The van der Waals surface area contributed by atoms with Gasteiger partial charge in [0.2, 0.25) is 5.91 Å². The van der Waals surface area contributed by atoms with Crippen molar-refractivity contribution in [3.05, 3.63) is 69.3 Å². The van der Waals surface area contributed by atoms with E-state index in [1.165, 1.54) is 23.3 Å². The second kappa shape index (κ2) is 6.20. The number of carbonyl (C=O) groups excluding carboxylic acids is 1. The molecule has 1 heterocycles. The van der Waals surface area contributed by atoms with Crippen LogP contribution in [0.1, 0.15) is 23.1 Å². The summed E-state index contributed by atoms with van der Waals surface area (Å²) in [6.07, 6.45) is 2.21. The lowest BCUT2D eigenvalue weighted by Gasteiger charge is -2.30. The zero-order valence-electron chi connectivity index (χ0n) is 13.0. The third kappa shape index (κ3) is 3.23. The number of hydrogen-bond donors (Lipinski definition) is 0. The highest BCUT2D eigenvalue weighted by atomic mass is 16.6. The Balaban J connectivity index is 1.78. The quantitative estimate of drug-likeness (QED) is 0.644. The summed E-state index contributed by atoms with van der Waals surface area (Å²) in [6.45, 7) is 2.78. The van der Waals surface area contributed by atoms with Crippen molar-refractivity contribution in [2.75, 3.05) is 11.4 Å². The van der Waals surface area contributed by atoms with Crippen LogP contribution >= 0.6 is 0 Å². The molecule has 118 valence electrons. The molecule has 5 heteroatoms. The maximum absolute atomic E-state index is 12.6. The highest BCUT2D eigenvalue weighted by molar-refractivity contribution is 5.96. The van der Waals surface area contributed by atoms with Gasteiger partial charge in [0, 0.05) is 24.4 Å². The summed E-state index contributed by atoms with van der Waals surface area (Å²) in [5, 5.41) is 10.7. The largest absolute Gasteiger partial charge is 0.312 e. The van der Waals surface area contributed by atoms with Crippen LogP contribution in [0.5, 0.6) is 0 Å². The molecule has 0 spiro atoms. The Bertz CT molecular complexity index is 753. The molecule has 0 saturated carbocycles. The van der Waals surface area contributed by atoms with Crippen molar-refractivity contribution in [3.63, 3.8) is 0 Å². The molecule has 0 aliphatic carbocycles. The minimum absolute atomic E-state index is 0.0312. The van der Waals surface area contributed by atoms with Gasteiger partial charge in [-0.2, -0.15) is 0 Å². The first-order valence-corrected chi connectivity index (χ1v) is 7.68. The number of carbonyl (C=O) groups is 1. The summed E-state index contributed by atoms with van der Waals surface area (Å²) >= 11 is 0. The number of fused-ring (bicyclic) bond motifs is 1. The maximum Gasteiger partial charge on any atom is 0.269 e. The van der Waals surface area contributed by atoms with Gasteiger partial charge in [-0.25, -0.2) is 0 Å². The van der Waals surface area contributed by atoms with E-state index in [1.807, 2.05) is 17.0 Å². The number of rotatable bonds is 3. The number of aryl methyl sites for hydroxylation is 2. The molecule has 2 aromatic rings. The van der Waals surface area contributed by atoms with Gasteiger partial charge in [0.05, 0.1) is 11.3 Å². The van der Waals surface area contributed by atoms with Gasteiger partial charge in [0.25, 0.3) is 5.69 Å². The molecular formula is C18H18N2O3. The molecule has 1 aliphatic rings. The summed E-state index contributed by atoms with van der Waals surface area (Å²) in [5.41, 5.74) is 4.25. The van der Waals surface area contributed by atoms with E-state index in [-0.39, 0.29) is 18.0 Å². The van der Waals surface area contributed by atoms with Crippen LogP contribution in [0.3, 0.4) is 0 Å². The molecule has 23 heavy (non-hydrogen) atoms. The first-order valence-electron chi connectivity index (χ1n) is 7.68. The van der Waals surface area contributed by atoms with Crippen LogP contribution in [-0.2, 0) is 17.6 Å². The van der Waals surface area contributed by atoms with Crippen molar-refractivity contribution in [2.45, 2.75) is 26.2 Å². The van der Waals surface area contributed by atoms with Crippen LogP contribution in [0.4, 0.5) is 11.4 Å². The predicted molar refractivity (Wildman–Crippen MR) is 88.7 cm³/mol. The molecule has 5 nitrogen and oxygen atoms in total. The van der Waals surface area contributed by atoms with Crippen LogP contribution in [0, 0.1) is 17.0 Å². The topological polar surface area (TPSA) is 63.5 Å². The van der Waals surface area contributed by atoms with E-state index in [0.717, 1.165) is 30.6 Å². The first kappa shape index (κ1) is 15.2. The summed E-state index contributed by atoms with van der Waals surface area (Å²) < 4.78 is 0. The van der Waals surface area contributed by atoms with Crippen LogP contribution in [0.15, 0.2) is 42.5 Å². The minimum atomic E-state index is -0.436. The second-order valence-electron chi connectivity index (χ2n) is 5.88. The van der Waals surface area contributed by atoms with Gasteiger partial charge in [-0.3, -0.25) is 14.9 Å². The lowest BCUT2D eigenvalue weighted by Crippen LogP contribution is -2.36. The molecule has 0 N–H and O–H groups in total. The molecule has 0 unspecified atom stereocenters. The van der Waals surface area contributed by atoms with Gasteiger partial charge in [-0.05, 0) is 37.0 Å². The molecule has 0 bridgehead atoms. The van der Waals surface area contributed by atoms with Gasteiger partial charge in [-0.15, -0.1) is 0 Å². The van der Waals surface area contributed by atoms with E-state index in [0.29, 0.717) is 0 Å². The maximum atomic E-state index is 12.6. The lowest BCUT2D eigenvalue weighted by atomic mass is 9.99. The Morgan fingerprint density at radius 2 is 1.96 bits per heavy atom. The molecule has 2 aromatic carbocycles. The Hall–Kier alpha value is -2.69. The summed E-state index contributed by atoms with van der Waals surface area (Å²) in [5.74, 6) is 0.0312. The summed E-state index contributed by atoms with van der Waals surface area (Å²) in [6, 6.07) is 12.4. The van der Waals surface area contributed by atoms with Crippen molar-refractivity contribution in [1.29, 1.82) is 0 Å². The van der Waals surface area contributed by atoms with E-state index in [2.05, 4.69) is 13.0 Å². The zero-order valence-corrected chi connectivity index (χ0v) is 13.0. The van der Waals surface area contributed by atoms with Crippen LogP contribution in [0.25, 0.3) is 0 Å². The average molecular weight is 310 g/mol. The number of non-ortho nitro benzene ring substituents is 1. The third-order valence-corrected chi connectivity index (χ3v) is 4.16. The van der Waals surface area contributed by atoms with Crippen molar-refractivity contribution in [2.24, 2.45) is 0 Å². The summed E-state index contributed by atoms with van der Waals surface area (Å²) in [4.78, 5) is 24.7. The molecule has 0 aromatic heterocycles. The zero-order chi connectivity index (χ0) is 16.4. The predicted octanol–water partition coefficient (Wildman–Crippen LogP) is 3.43. The van der Waals surface area contributed by atoms with E-state index < -0.39 is 4.92 Å². The number of anilines is 1. The van der Waals surface area contributed by atoms with Crippen molar-refractivity contribution >= 4 is 17.3 Å². The molecule has 1 aliphatic heterocycles. The van der Waals surface area contributed by atoms with Crippen molar-refractivity contribution < 1.29 is 9.72 Å². The number of benzene rings is 2. The molecule has 0 saturated heterocycles. The van der Waals surface area contributed by atoms with E-state index in [4.69, 9.17) is 0 Å². The van der Waals surface area contributed by atoms with Crippen LogP contribution < -0.4 is 4.90 Å². The molecule has 0 radical (unpaired) electrons. The fourth-order valence-corrected chi connectivity index (χ4v) is 2.99. The Kier molecular flexibility index (Phi) is 4.10. The summed E-state index contributed by atoms with van der Waals surface area (Å²) in [7, 11) is 0. The third-order valence-electron chi connectivity index (χ3n) is 4.16. The minimum Gasteiger partial charge on any atom is -0.312 e. The lowest BCUT2D eigenvalue weighted by molar-refractivity contribution is -0.384. The molecule has 3 rings (SSSR count). The normalized spacial score (nSPS) is 13.5. The van der Waals surface area contributed by atoms with Gasteiger partial charge in [-0.1, -0.05) is 29.8 Å².